The third-order valence-electron chi connectivity index (χ3n) is 5.30. The van der Waals surface area contributed by atoms with E-state index < -0.39 is 0 Å². The molecule has 166 valence electrons. The van der Waals surface area contributed by atoms with Crippen molar-refractivity contribution in [3.8, 4) is 5.75 Å². The smallest absolute Gasteiger partial charge is 0.289 e. The number of anilines is 1. The molecule has 2 aromatic heterocycles. The number of carbonyl (C=O) groups is 3. The Bertz CT molecular complexity index is 1100. The lowest BCUT2D eigenvalue weighted by atomic mass is 10.2. The predicted molar refractivity (Wildman–Crippen MR) is 117 cm³/mol. The molecule has 0 bridgehead atoms. The molecule has 0 aliphatic carbocycles. The summed E-state index contributed by atoms with van der Waals surface area (Å²) in [5, 5.41) is 2.81. The number of rotatable bonds is 6. The average molecular weight is 436 g/mol. The molecule has 3 heterocycles. The number of ether oxygens (including phenoxy) is 1. The monoisotopic (exact) mass is 436 g/mol. The molecule has 4 rings (SSSR count). The summed E-state index contributed by atoms with van der Waals surface area (Å²) in [7, 11) is 1.56. The van der Waals surface area contributed by atoms with Crippen molar-refractivity contribution in [3.05, 3.63) is 72.4 Å². The molecular weight excluding hydrogens is 412 g/mol. The van der Waals surface area contributed by atoms with Gasteiger partial charge in [-0.1, -0.05) is 6.07 Å². The van der Waals surface area contributed by atoms with E-state index in [4.69, 9.17) is 9.15 Å². The lowest BCUT2D eigenvalue weighted by Crippen LogP contribution is -2.50. The first kappa shape index (κ1) is 21.2. The number of furan rings is 1. The summed E-state index contributed by atoms with van der Waals surface area (Å²) in [5.41, 5.74) is 1.04. The number of benzene rings is 1. The van der Waals surface area contributed by atoms with Gasteiger partial charge in [-0.15, -0.1) is 0 Å². The first-order valence-electron chi connectivity index (χ1n) is 10.3. The van der Waals surface area contributed by atoms with Gasteiger partial charge in [0.15, 0.2) is 5.76 Å². The summed E-state index contributed by atoms with van der Waals surface area (Å²) in [6, 6.07) is 13.8. The van der Waals surface area contributed by atoms with Crippen molar-refractivity contribution in [1.29, 1.82) is 0 Å². The van der Waals surface area contributed by atoms with E-state index >= 15 is 0 Å². The zero-order valence-corrected chi connectivity index (χ0v) is 17.7. The van der Waals surface area contributed by atoms with Gasteiger partial charge in [0.25, 0.3) is 11.8 Å². The van der Waals surface area contributed by atoms with Gasteiger partial charge in [-0.05, 0) is 36.4 Å². The van der Waals surface area contributed by atoms with E-state index in [1.54, 1.807) is 76.2 Å². The normalized spacial score (nSPS) is 13.7. The van der Waals surface area contributed by atoms with Gasteiger partial charge in [-0.3, -0.25) is 14.4 Å². The van der Waals surface area contributed by atoms with Crippen LogP contribution in [0.1, 0.15) is 21.0 Å². The number of nitrogens with one attached hydrogen (secondary N) is 1. The maximum atomic E-state index is 13.0. The van der Waals surface area contributed by atoms with Crippen LogP contribution in [-0.4, -0.2) is 65.4 Å². The van der Waals surface area contributed by atoms with Crippen LogP contribution in [0.2, 0.25) is 0 Å². The fourth-order valence-corrected chi connectivity index (χ4v) is 3.63. The number of methoxy groups -OCH3 is 1. The average Bonchev–Trinajstić information content (AvgIpc) is 3.51. The van der Waals surface area contributed by atoms with Gasteiger partial charge in [0.2, 0.25) is 5.91 Å². The van der Waals surface area contributed by atoms with Crippen LogP contribution >= 0.6 is 0 Å². The van der Waals surface area contributed by atoms with Crippen molar-refractivity contribution in [2.75, 3.05) is 38.6 Å². The Morgan fingerprint density at radius 3 is 2.41 bits per heavy atom. The Morgan fingerprint density at radius 1 is 0.969 bits per heavy atom. The first-order chi connectivity index (χ1) is 15.5. The molecule has 9 heteroatoms. The van der Waals surface area contributed by atoms with Crippen LogP contribution in [0, 0.1) is 0 Å². The molecule has 3 amide bonds. The summed E-state index contributed by atoms with van der Waals surface area (Å²) in [5.74, 6) is 0.330. The fourth-order valence-electron chi connectivity index (χ4n) is 3.63. The largest absolute Gasteiger partial charge is 0.497 e. The zero-order chi connectivity index (χ0) is 22.5. The van der Waals surface area contributed by atoms with Gasteiger partial charge in [-0.2, -0.15) is 0 Å². The van der Waals surface area contributed by atoms with Crippen LogP contribution in [0.3, 0.4) is 0 Å². The SMILES string of the molecule is COc1cccc(NC(=O)Cn2cccc2C(=O)N2CCN(C(=O)c3ccco3)CC2)c1. The predicted octanol–water partition coefficient (Wildman–Crippen LogP) is 2.33. The molecule has 0 atom stereocenters. The third-order valence-corrected chi connectivity index (χ3v) is 5.30. The molecule has 3 aromatic rings. The third kappa shape index (κ3) is 4.66. The highest BCUT2D eigenvalue weighted by molar-refractivity contribution is 5.95. The van der Waals surface area contributed by atoms with E-state index in [0.29, 0.717) is 49.1 Å². The van der Waals surface area contributed by atoms with Crippen molar-refractivity contribution in [2.45, 2.75) is 6.54 Å². The fraction of sp³-hybridized carbons (Fsp3) is 0.261. The molecule has 1 aliphatic rings. The second-order valence-electron chi connectivity index (χ2n) is 7.36. The summed E-state index contributed by atoms with van der Waals surface area (Å²) < 4.78 is 12.0. The highest BCUT2D eigenvalue weighted by Crippen LogP contribution is 2.17. The minimum absolute atomic E-state index is 0.00221. The molecule has 0 radical (unpaired) electrons. The standard InChI is InChI=1S/C23H24N4O5/c1-31-18-6-2-5-17(15-18)24-21(28)16-27-9-3-7-19(27)22(29)25-10-12-26(13-11-25)23(30)20-8-4-14-32-20/h2-9,14-15H,10-13,16H2,1H3,(H,24,28). The number of hydrogen-bond acceptors (Lipinski definition) is 5. The van der Waals surface area contributed by atoms with Gasteiger partial charge in [0.1, 0.15) is 18.0 Å². The molecule has 0 unspecified atom stereocenters. The van der Waals surface area contributed by atoms with Crippen molar-refractivity contribution in [1.82, 2.24) is 14.4 Å². The molecule has 1 saturated heterocycles. The molecule has 1 aromatic carbocycles. The van der Waals surface area contributed by atoms with Crippen LogP contribution in [0.25, 0.3) is 0 Å². The zero-order valence-electron chi connectivity index (χ0n) is 17.7. The van der Waals surface area contributed by atoms with Crippen molar-refractivity contribution >= 4 is 23.4 Å². The van der Waals surface area contributed by atoms with Crippen LogP contribution < -0.4 is 10.1 Å². The lowest BCUT2D eigenvalue weighted by molar-refractivity contribution is -0.116. The van der Waals surface area contributed by atoms with E-state index in [1.165, 1.54) is 6.26 Å². The molecule has 1 N–H and O–H groups in total. The number of amides is 3. The van der Waals surface area contributed by atoms with Crippen LogP contribution in [0.15, 0.2) is 65.4 Å². The second-order valence-corrected chi connectivity index (χ2v) is 7.36. The Morgan fingerprint density at radius 2 is 1.72 bits per heavy atom. The highest BCUT2D eigenvalue weighted by Gasteiger charge is 2.27. The van der Waals surface area contributed by atoms with Crippen LogP contribution in [0.4, 0.5) is 5.69 Å². The number of nitrogens with zero attached hydrogens (tertiary/aromatic N) is 3. The Hall–Kier alpha value is -4.01. The minimum atomic E-state index is -0.252. The van der Waals surface area contributed by atoms with Crippen LogP contribution in [-0.2, 0) is 11.3 Å². The van der Waals surface area contributed by atoms with Gasteiger partial charge in [0, 0.05) is 44.1 Å². The van der Waals surface area contributed by atoms with E-state index in [1.807, 2.05) is 0 Å². The molecule has 9 nitrogen and oxygen atoms in total. The summed E-state index contributed by atoms with van der Waals surface area (Å²) >= 11 is 0. The van der Waals surface area contributed by atoms with Crippen molar-refractivity contribution in [3.63, 3.8) is 0 Å². The quantitative estimate of drug-likeness (QED) is 0.640. The lowest BCUT2D eigenvalue weighted by Gasteiger charge is -2.34. The van der Waals surface area contributed by atoms with Gasteiger partial charge in [-0.25, -0.2) is 0 Å². The molecular formula is C23H24N4O5. The summed E-state index contributed by atoms with van der Waals surface area (Å²) in [6.45, 7) is 1.66. The number of aromatic nitrogens is 1. The topological polar surface area (TPSA) is 97.0 Å². The summed E-state index contributed by atoms with van der Waals surface area (Å²) in [6.07, 6.45) is 3.17. The number of piperazine rings is 1. The van der Waals surface area contributed by atoms with E-state index in [0.717, 1.165) is 0 Å². The van der Waals surface area contributed by atoms with E-state index in [9.17, 15) is 14.4 Å². The Kier molecular flexibility index (Phi) is 6.25. The van der Waals surface area contributed by atoms with Crippen molar-refractivity contribution < 1.29 is 23.5 Å². The molecule has 1 fully saturated rings. The van der Waals surface area contributed by atoms with Crippen LogP contribution in [0.5, 0.6) is 5.75 Å². The Labute approximate surface area is 185 Å². The second kappa shape index (κ2) is 9.42. The highest BCUT2D eigenvalue weighted by atomic mass is 16.5. The summed E-state index contributed by atoms with van der Waals surface area (Å²) in [4.78, 5) is 41.3. The molecule has 1 aliphatic heterocycles. The number of hydrogen-bond donors (Lipinski definition) is 1. The van der Waals surface area contributed by atoms with E-state index in [-0.39, 0.29) is 24.3 Å². The van der Waals surface area contributed by atoms with Crippen molar-refractivity contribution in [2.24, 2.45) is 0 Å². The maximum Gasteiger partial charge on any atom is 0.289 e. The maximum absolute atomic E-state index is 13.0. The number of carbonyl (C=O) groups excluding carboxylic acids is 3. The minimum Gasteiger partial charge on any atom is -0.497 e. The molecule has 0 saturated carbocycles. The van der Waals surface area contributed by atoms with Gasteiger partial charge in [0.05, 0.1) is 13.4 Å². The van der Waals surface area contributed by atoms with Gasteiger partial charge >= 0.3 is 0 Å². The Balaban J connectivity index is 1.35. The van der Waals surface area contributed by atoms with E-state index in [2.05, 4.69) is 5.32 Å². The first-order valence-corrected chi connectivity index (χ1v) is 10.3. The molecule has 32 heavy (non-hydrogen) atoms. The molecule has 0 spiro atoms. The van der Waals surface area contributed by atoms with Gasteiger partial charge < -0.3 is 28.8 Å².